The molecule has 2 N–H and O–H groups in total. The summed E-state index contributed by atoms with van der Waals surface area (Å²) in [5.74, 6) is 0.790. The van der Waals surface area contributed by atoms with E-state index >= 15 is 0 Å². The SMILES string of the molecule is CN(CCS(C)(=O)=O)c1nc(N)cc(Br)n1. The summed E-state index contributed by atoms with van der Waals surface area (Å²) in [6.07, 6.45) is 1.19. The molecule has 0 aromatic carbocycles. The highest BCUT2D eigenvalue weighted by Gasteiger charge is 2.09. The molecule has 8 heteroatoms. The Bertz CT molecular complexity index is 457. The summed E-state index contributed by atoms with van der Waals surface area (Å²) in [4.78, 5) is 9.73. The minimum atomic E-state index is -2.99. The Kier molecular flexibility index (Phi) is 4.09. The van der Waals surface area contributed by atoms with Gasteiger partial charge in [0.2, 0.25) is 5.95 Å². The Balaban J connectivity index is 2.76. The average Bonchev–Trinajstić information content (AvgIpc) is 2.11. The van der Waals surface area contributed by atoms with Crippen molar-refractivity contribution < 1.29 is 8.42 Å². The van der Waals surface area contributed by atoms with Crippen molar-refractivity contribution in [3.63, 3.8) is 0 Å². The number of sulfone groups is 1. The molecule has 0 aliphatic rings. The van der Waals surface area contributed by atoms with E-state index in [4.69, 9.17) is 5.73 Å². The van der Waals surface area contributed by atoms with Crippen LogP contribution >= 0.6 is 15.9 Å². The van der Waals surface area contributed by atoms with E-state index in [1.807, 2.05) is 0 Å². The summed E-state index contributed by atoms with van der Waals surface area (Å²) in [5, 5.41) is 0. The molecule has 1 aromatic heterocycles. The van der Waals surface area contributed by atoms with Gasteiger partial charge in [0.05, 0.1) is 5.75 Å². The van der Waals surface area contributed by atoms with Crippen LogP contribution in [0.5, 0.6) is 0 Å². The average molecular weight is 309 g/mol. The molecule has 0 spiro atoms. The maximum absolute atomic E-state index is 11.0. The second-order valence-electron chi connectivity index (χ2n) is 3.47. The number of nitrogens with zero attached hydrogens (tertiary/aromatic N) is 3. The van der Waals surface area contributed by atoms with Crippen molar-refractivity contribution in [1.29, 1.82) is 0 Å². The number of hydrogen-bond donors (Lipinski definition) is 1. The number of nitrogen functional groups attached to an aromatic ring is 1. The van der Waals surface area contributed by atoms with E-state index in [0.29, 0.717) is 22.9 Å². The number of nitrogens with two attached hydrogens (primary N) is 1. The fraction of sp³-hybridized carbons (Fsp3) is 0.500. The van der Waals surface area contributed by atoms with Gasteiger partial charge in [-0.05, 0) is 15.9 Å². The molecule has 0 aliphatic carbocycles. The maximum atomic E-state index is 11.0. The lowest BCUT2D eigenvalue weighted by atomic mass is 10.5. The molecule has 0 atom stereocenters. The smallest absolute Gasteiger partial charge is 0.228 e. The molecule has 0 saturated carbocycles. The number of halogens is 1. The number of aromatic nitrogens is 2. The van der Waals surface area contributed by atoms with Crippen LogP contribution in [0.15, 0.2) is 10.7 Å². The Morgan fingerprint density at radius 1 is 1.50 bits per heavy atom. The molecule has 90 valence electrons. The van der Waals surface area contributed by atoms with Crippen molar-refractivity contribution in [2.75, 3.05) is 36.2 Å². The zero-order chi connectivity index (χ0) is 12.3. The van der Waals surface area contributed by atoms with Gasteiger partial charge in [-0.2, -0.15) is 4.98 Å². The van der Waals surface area contributed by atoms with Gasteiger partial charge >= 0.3 is 0 Å². The molecule has 0 unspecified atom stereocenters. The summed E-state index contributed by atoms with van der Waals surface area (Å²) in [7, 11) is -1.27. The number of rotatable bonds is 4. The van der Waals surface area contributed by atoms with Gasteiger partial charge < -0.3 is 10.6 Å². The second kappa shape index (κ2) is 4.96. The lowest BCUT2D eigenvalue weighted by molar-refractivity contribution is 0.601. The van der Waals surface area contributed by atoms with Crippen molar-refractivity contribution >= 4 is 37.5 Å². The standard InChI is InChI=1S/C8H13BrN4O2S/c1-13(3-4-16(2,14)15)8-11-6(9)5-7(10)12-8/h5H,3-4H2,1-2H3,(H2,10,11,12). The normalized spacial score (nSPS) is 11.4. The predicted molar refractivity (Wildman–Crippen MR) is 67.1 cm³/mol. The van der Waals surface area contributed by atoms with E-state index in [1.165, 1.54) is 6.26 Å². The number of hydrogen-bond acceptors (Lipinski definition) is 6. The van der Waals surface area contributed by atoms with E-state index in [0.717, 1.165) is 0 Å². The van der Waals surface area contributed by atoms with Crippen LogP contribution in [-0.2, 0) is 9.84 Å². The highest BCUT2D eigenvalue weighted by molar-refractivity contribution is 9.10. The summed E-state index contributed by atoms with van der Waals surface area (Å²) >= 11 is 3.20. The van der Waals surface area contributed by atoms with Crippen LogP contribution in [-0.4, -0.2) is 44.0 Å². The van der Waals surface area contributed by atoms with E-state index in [9.17, 15) is 8.42 Å². The zero-order valence-corrected chi connectivity index (χ0v) is 11.4. The monoisotopic (exact) mass is 308 g/mol. The molecule has 1 rings (SSSR count). The third-order valence-electron chi connectivity index (χ3n) is 1.84. The summed E-state index contributed by atoms with van der Waals surface area (Å²) in [6, 6.07) is 1.58. The van der Waals surface area contributed by atoms with Crippen LogP contribution in [0.4, 0.5) is 11.8 Å². The largest absolute Gasteiger partial charge is 0.383 e. The third kappa shape index (κ3) is 4.31. The first-order chi connectivity index (χ1) is 7.28. The Hall–Kier alpha value is -0.890. The minimum Gasteiger partial charge on any atom is -0.383 e. The maximum Gasteiger partial charge on any atom is 0.228 e. The van der Waals surface area contributed by atoms with Gasteiger partial charge in [-0.15, -0.1) is 0 Å². The second-order valence-corrected chi connectivity index (χ2v) is 6.54. The van der Waals surface area contributed by atoms with Crippen molar-refractivity contribution in [2.45, 2.75) is 0 Å². The number of anilines is 2. The lowest BCUT2D eigenvalue weighted by Gasteiger charge is -2.16. The van der Waals surface area contributed by atoms with E-state index in [-0.39, 0.29) is 5.75 Å². The van der Waals surface area contributed by atoms with Gasteiger partial charge in [0.1, 0.15) is 20.3 Å². The van der Waals surface area contributed by atoms with Crippen LogP contribution in [0, 0.1) is 0 Å². The van der Waals surface area contributed by atoms with Crippen LogP contribution < -0.4 is 10.6 Å². The molecule has 1 aromatic rings. The fourth-order valence-corrected chi connectivity index (χ4v) is 1.99. The van der Waals surface area contributed by atoms with Crippen molar-refractivity contribution in [3.8, 4) is 0 Å². The molecular weight excluding hydrogens is 296 g/mol. The highest BCUT2D eigenvalue weighted by Crippen LogP contribution is 2.14. The molecule has 0 bridgehead atoms. The molecule has 0 amide bonds. The third-order valence-corrected chi connectivity index (χ3v) is 3.17. The predicted octanol–water partition coefficient (Wildman–Crippen LogP) is 0.302. The Labute approximate surface area is 103 Å². The van der Waals surface area contributed by atoms with Gasteiger partial charge in [-0.3, -0.25) is 0 Å². The van der Waals surface area contributed by atoms with E-state index in [2.05, 4.69) is 25.9 Å². The van der Waals surface area contributed by atoms with Gasteiger partial charge in [0.25, 0.3) is 0 Å². The Morgan fingerprint density at radius 2 is 2.12 bits per heavy atom. The topological polar surface area (TPSA) is 89.2 Å². The first-order valence-electron chi connectivity index (χ1n) is 4.47. The van der Waals surface area contributed by atoms with Gasteiger partial charge in [-0.25, -0.2) is 13.4 Å². The van der Waals surface area contributed by atoms with E-state index < -0.39 is 9.84 Å². The minimum absolute atomic E-state index is 0.0548. The highest BCUT2D eigenvalue weighted by atomic mass is 79.9. The summed E-state index contributed by atoms with van der Waals surface area (Å²) < 4.78 is 22.6. The molecular formula is C8H13BrN4O2S. The molecule has 0 radical (unpaired) electrons. The van der Waals surface area contributed by atoms with Crippen LogP contribution in [0.3, 0.4) is 0 Å². The molecule has 0 aliphatic heterocycles. The summed E-state index contributed by atoms with van der Waals surface area (Å²) in [6.45, 7) is 0.328. The van der Waals surface area contributed by atoms with Crippen LogP contribution in [0.25, 0.3) is 0 Å². The van der Waals surface area contributed by atoms with E-state index in [1.54, 1.807) is 18.0 Å². The quantitative estimate of drug-likeness (QED) is 0.805. The van der Waals surface area contributed by atoms with Crippen LogP contribution in [0.1, 0.15) is 0 Å². The first-order valence-corrected chi connectivity index (χ1v) is 7.32. The molecule has 16 heavy (non-hydrogen) atoms. The molecule has 1 heterocycles. The molecule has 0 saturated heterocycles. The van der Waals surface area contributed by atoms with Crippen molar-refractivity contribution in [2.24, 2.45) is 0 Å². The van der Waals surface area contributed by atoms with Gasteiger partial charge in [0, 0.05) is 25.9 Å². The summed E-state index contributed by atoms with van der Waals surface area (Å²) in [5.41, 5.74) is 5.55. The van der Waals surface area contributed by atoms with Crippen molar-refractivity contribution in [3.05, 3.63) is 10.7 Å². The lowest BCUT2D eigenvalue weighted by Crippen LogP contribution is -2.26. The van der Waals surface area contributed by atoms with Gasteiger partial charge in [-0.1, -0.05) is 0 Å². The Morgan fingerprint density at radius 3 is 2.62 bits per heavy atom. The van der Waals surface area contributed by atoms with Gasteiger partial charge in [0.15, 0.2) is 0 Å². The molecule has 6 nitrogen and oxygen atoms in total. The first kappa shape index (κ1) is 13.2. The fourth-order valence-electron chi connectivity index (χ4n) is 0.996. The molecule has 0 fully saturated rings. The van der Waals surface area contributed by atoms with Crippen molar-refractivity contribution in [1.82, 2.24) is 9.97 Å². The van der Waals surface area contributed by atoms with Crippen LogP contribution in [0.2, 0.25) is 0 Å². The zero-order valence-electron chi connectivity index (χ0n) is 9.01.